The molecule has 1 saturated carbocycles. The molecule has 0 aromatic carbocycles. The Bertz CT molecular complexity index is 1560. The summed E-state index contributed by atoms with van der Waals surface area (Å²) >= 11 is 4.32. The summed E-state index contributed by atoms with van der Waals surface area (Å²) in [6.07, 6.45) is 5.87. The van der Waals surface area contributed by atoms with E-state index in [0.29, 0.717) is 18.9 Å². The van der Waals surface area contributed by atoms with Crippen molar-refractivity contribution in [3.05, 3.63) is 45.7 Å². The first-order valence-electron chi connectivity index (χ1n) is 12.9. The molecule has 5 heterocycles. The van der Waals surface area contributed by atoms with Crippen LogP contribution in [0.5, 0.6) is 0 Å². The molecule has 4 aromatic rings. The normalized spacial score (nSPS) is 19.8. The van der Waals surface area contributed by atoms with Crippen molar-refractivity contribution < 1.29 is 9.53 Å². The number of nitrogens with zero attached hydrogens (tertiary/aromatic N) is 3. The predicted octanol–water partition coefficient (Wildman–Crippen LogP) is 4.20. The number of hydrogen-bond acceptors (Lipinski definition) is 12. The molecule has 1 aliphatic heterocycles. The van der Waals surface area contributed by atoms with Crippen LogP contribution in [0.25, 0.3) is 20.7 Å². The van der Waals surface area contributed by atoms with Gasteiger partial charge in [-0.3, -0.25) is 9.59 Å². The Morgan fingerprint density at radius 3 is 2.74 bits per heavy atom. The largest absolute Gasteiger partial charge is 0.379 e. The zero-order valence-electron chi connectivity index (χ0n) is 21.1. The van der Waals surface area contributed by atoms with Crippen LogP contribution in [0.3, 0.4) is 0 Å². The Hall–Kier alpha value is -3.10. The molecule has 1 amide bonds. The van der Waals surface area contributed by atoms with Crippen LogP contribution in [0.4, 0.5) is 21.4 Å². The van der Waals surface area contributed by atoms with Crippen molar-refractivity contribution in [2.75, 3.05) is 41.8 Å². The van der Waals surface area contributed by atoms with Gasteiger partial charge in [-0.05, 0) is 30.4 Å². The number of hydrogen-bond donors (Lipinski definition) is 4. The van der Waals surface area contributed by atoms with E-state index < -0.39 is 5.91 Å². The summed E-state index contributed by atoms with van der Waals surface area (Å²) < 4.78 is 11.8. The SMILES string of the molecule is NC(=O)c1ncc(N[C@H]2CCCC[C@H]2N)cc1Nc1cc(-c2csc3c(=O)cc(N4CCOCC4)sc23)ns1. The molecule has 6 N–H and O–H groups in total. The molecular weight excluding hydrogens is 555 g/mol. The van der Waals surface area contributed by atoms with E-state index >= 15 is 0 Å². The van der Waals surface area contributed by atoms with E-state index in [1.165, 1.54) is 22.9 Å². The van der Waals surface area contributed by atoms with Crippen molar-refractivity contribution in [2.45, 2.75) is 37.8 Å². The minimum absolute atomic E-state index is 0.0224. The molecule has 10 nitrogen and oxygen atoms in total. The number of aromatic nitrogens is 2. The van der Waals surface area contributed by atoms with Gasteiger partial charge in [0.1, 0.15) is 5.00 Å². The number of fused-ring (bicyclic) bond motifs is 1. The number of rotatable bonds is 7. The lowest BCUT2D eigenvalue weighted by Gasteiger charge is -2.30. The van der Waals surface area contributed by atoms with Crippen molar-refractivity contribution in [1.82, 2.24) is 9.36 Å². The molecule has 4 aromatic heterocycles. The van der Waals surface area contributed by atoms with Gasteiger partial charge in [-0.25, -0.2) is 4.98 Å². The Morgan fingerprint density at radius 2 is 1.95 bits per heavy atom. The maximum absolute atomic E-state index is 12.9. The molecule has 2 aliphatic rings. The zero-order valence-corrected chi connectivity index (χ0v) is 23.6. The number of thiophene rings is 1. The summed E-state index contributed by atoms with van der Waals surface area (Å²) in [5.41, 5.74) is 15.1. The number of morpholine rings is 1. The number of carbonyl (C=O) groups is 1. The van der Waals surface area contributed by atoms with Crippen LogP contribution in [0, 0.1) is 0 Å². The second-order valence-corrected chi connectivity index (χ2v) is 12.5. The summed E-state index contributed by atoms with van der Waals surface area (Å²) in [7, 11) is 0. The molecule has 0 radical (unpaired) electrons. The standard InChI is InChI=1S/C26H29N7O3S3/c27-16-3-1-2-4-17(16)30-14-9-19(23(26(28)35)29-12-14)31-21-10-18(32-39-21)15-13-37-25-20(34)11-22(38-24(15)25)33-5-7-36-8-6-33/h9-13,16-17,30-31H,1-8,27H2,(H2,28,35)/t16-,17+/m1/s1. The molecule has 0 bridgehead atoms. The average Bonchev–Trinajstić information content (AvgIpc) is 3.58. The number of primary amides is 1. The molecule has 204 valence electrons. The molecule has 2 fully saturated rings. The van der Waals surface area contributed by atoms with Crippen LogP contribution in [0.2, 0.25) is 0 Å². The quantitative estimate of drug-likeness (QED) is 0.251. The van der Waals surface area contributed by atoms with Gasteiger partial charge in [0.2, 0.25) is 0 Å². The van der Waals surface area contributed by atoms with Crippen molar-refractivity contribution in [3.63, 3.8) is 0 Å². The highest BCUT2D eigenvalue weighted by atomic mass is 32.1. The van der Waals surface area contributed by atoms with Gasteiger partial charge in [0, 0.05) is 48.2 Å². The molecular formula is C26H29N7O3S3. The summed E-state index contributed by atoms with van der Waals surface area (Å²) in [5.74, 6) is -0.618. The zero-order chi connectivity index (χ0) is 26.9. The van der Waals surface area contributed by atoms with Crippen LogP contribution >= 0.6 is 34.2 Å². The highest BCUT2D eigenvalue weighted by Gasteiger charge is 2.23. The highest BCUT2D eigenvalue weighted by molar-refractivity contribution is 7.28. The number of nitrogens with one attached hydrogen (secondary N) is 2. The van der Waals surface area contributed by atoms with Crippen molar-refractivity contribution in [3.8, 4) is 11.3 Å². The van der Waals surface area contributed by atoms with E-state index in [2.05, 4.69) is 24.9 Å². The van der Waals surface area contributed by atoms with Gasteiger partial charge in [0.25, 0.3) is 5.91 Å². The van der Waals surface area contributed by atoms with E-state index in [1.54, 1.807) is 23.6 Å². The molecule has 13 heteroatoms. The van der Waals surface area contributed by atoms with Gasteiger partial charge in [-0.1, -0.05) is 12.8 Å². The minimum Gasteiger partial charge on any atom is -0.379 e. The van der Waals surface area contributed by atoms with Crippen molar-refractivity contribution in [2.24, 2.45) is 11.5 Å². The van der Waals surface area contributed by atoms with Crippen molar-refractivity contribution >= 4 is 70.9 Å². The number of amides is 1. The molecule has 1 saturated heterocycles. The lowest BCUT2D eigenvalue weighted by atomic mass is 9.91. The first-order valence-corrected chi connectivity index (χ1v) is 15.4. The van der Waals surface area contributed by atoms with E-state index in [9.17, 15) is 9.59 Å². The monoisotopic (exact) mass is 583 g/mol. The fourth-order valence-corrected chi connectivity index (χ4v) is 8.06. The maximum atomic E-state index is 12.9. The van der Waals surface area contributed by atoms with E-state index in [0.717, 1.165) is 75.1 Å². The summed E-state index contributed by atoms with van der Waals surface area (Å²) in [6, 6.07) is 5.73. The number of anilines is 4. The topological polar surface area (TPSA) is 148 Å². The number of ether oxygens (including phenoxy) is 1. The Morgan fingerprint density at radius 1 is 1.13 bits per heavy atom. The molecule has 1 aliphatic carbocycles. The van der Waals surface area contributed by atoms with Gasteiger partial charge in [0.05, 0.1) is 50.9 Å². The van der Waals surface area contributed by atoms with Gasteiger partial charge >= 0.3 is 0 Å². The third kappa shape index (κ3) is 5.50. The summed E-state index contributed by atoms with van der Waals surface area (Å²) in [6.45, 7) is 2.84. The predicted molar refractivity (Wildman–Crippen MR) is 160 cm³/mol. The number of carbonyl (C=O) groups excluding carboxylic acids is 1. The summed E-state index contributed by atoms with van der Waals surface area (Å²) in [5, 5.41) is 10.4. The summed E-state index contributed by atoms with van der Waals surface area (Å²) in [4.78, 5) is 31.5. The lowest BCUT2D eigenvalue weighted by Crippen LogP contribution is -2.42. The fraction of sp³-hybridized carbons (Fsp3) is 0.385. The third-order valence-electron chi connectivity index (χ3n) is 7.09. The van der Waals surface area contributed by atoms with Crippen LogP contribution < -0.4 is 32.4 Å². The second-order valence-electron chi connectivity index (χ2n) is 9.74. The molecule has 0 unspecified atom stereocenters. The first kappa shape index (κ1) is 26.1. The molecule has 2 atom stereocenters. The van der Waals surface area contributed by atoms with Crippen LogP contribution in [-0.2, 0) is 4.74 Å². The number of pyridine rings is 1. The van der Waals surface area contributed by atoms with Gasteiger partial charge in [-0.2, -0.15) is 4.37 Å². The van der Waals surface area contributed by atoms with Gasteiger partial charge in [-0.15, -0.1) is 22.7 Å². The maximum Gasteiger partial charge on any atom is 0.269 e. The average molecular weight is 584 g/mol. The van der Waals surface area contributed by atoms with Gasteiger partial charge in [0.15, 0.2) is 11.1 Å². The minimum atomic E-state index is -0.618. The van der Waals surface area contributed by atoms with Crippen LogP contribution in [0.15, 0.2) is 34.6 Å². The third-order valence-corrected chi connectivity index (χ3v) is 10.1. The highest BCUT2D eigenvalue weighted by Crippen LogP contribution is 2.40. The first-order chi connectivity index (χ1) is 19.0. The van der Waals surface area contributed by atoms with Crippen LogP contribution in [-0.4, -0.2) is 53.7 Å². The van der Waals surface area contributed by atoms with Crippen molar-refractivity contribution in [1.29, 1.82) is 0 Å². The Balaban J connectivity index is 1.28. The van der Waals surface area contributed by atoms with Gasteiger partial charge < -0.3 is 31.7 Å². The van der Waals surface area contributed by atoms with Crippen LogP contribution in [0.1, 0.15) is 36.2 Å². The Kier molecular flexibility index (Phi) is 7.49. The Labute approximate surface area is 237 Å². The fourth-order valence-electron chi connectivity index (χ4n) is 5.03. The van der Waals surface area contributed by atoms with E-state index in [4.69, 9.17) is 16.2 Å². The smallest absolute Gasteiger partial charge is 0.269 e. The van der Waals surface area contributed by atoms with E-state index in [1.807, 2.05) is 17.5 Å². The molecule has 6 rings (SSSR count). The second kappa shape index (κ2) is 11.2. The van der Waals surface area contributed by atoms with E-state index in [-0.39, 0.29) is 23.2 Å². The molecule has 0 spiro atoms. The molecule has 39 heavy (non-hydrogen) atoms. The lowest BCUT2D eigenvalue weighted by molar-refractivity contribution is 0.0996. The number of nitrogens with two attached hydrogens (primary N) is 2.